The number of esters is 2. The Morgan fingerprint density at radius 1 is 1.24 bits per heavy atom. The number of nitrogens with one attached hydrogen (secondary N) is 1. The largest absolute Gasteiger partial charge is 0.462 e. The molecule has 9 heteroatoms. The molecule has 2 aromatic rings. The summed E-state index contributed by atoms with van der Waals surface area (Å²) in [4.78, 5) is 36.1. The number of amides is 1. The molecule has 0 spiro atoms. The number of nitrogen functional groups attached to an aromatic ring is 1. The van der Waals surface area contributed by atoms with E-state index in [-0.39, 0.29) is 46.5 Å². The van der Waals surface area contributed by atoms with Gasteiger partial charge in [-0.05, 0) is 12.5 Å². The number of ether oxygens (including phenoxy) is 2. The maximum Gasteiger partial charge on any atom is 0.348 e. The lowest BCUT2D eigenvalue weighted by Gasteiger charge is -2.17. The molecule has 8 nitrogen and oxygen atoms in total. The molecule has 1 heterocycles. The number of hydrogen-bond donors (Lipinski definition) is 2. The van der Waals surface area contributed by atoms with E-state index in [4.69, 9.17) is 15.2 Å². The lowest BCUT2D eigenvalue weighted by molar-refractivity contribution is -0.145. The van der Waals surface area contributed by atoms with Gasteiger partial charge in [0.1, 0.15) is 22.6 Å². The Labute approximate surface area is 172 Å². The molecule has 0 saturated carbocycles. The van der Waals surface area contributed by atoms with Gasteiger partial charge in [-0.1, -0.05) is 30.3 Å². The zero-order chi connectivity index (χ0) is 21.4. The van der Waals surface area contributed by atoms with Crippen molar-refractivity contribution in [3.63, 3.8) is 0 Å². The van der Waals surface area contributed by atoms with Crippen molar-refractivity contribution >= 4 is 34.2 Å². The highest BCUT2D eigenvalue weighted by molar-refractivity contribution is 7.18. The first-order valence-electron chi connectivity index (χ1n) is 8.83. The number of rotatable bonds is 8. The highest BCUT2D eigenvalue weighted by atomic mass is 32.1. The summed E-state index contributed by atoms with van der Waals surface area (Å²) in [5.41, 5.74) is 6.87. The van der Waals surface area contributed by atoms with Crippen LogP contribution in [0.3, 0.4) is 0 Å². The highest BCUT2D eigenvalue weighted by Crippen LogP contribution is 2.32. The summed E-state index contributed by atoms with van der Waals surface area (Å²) in [6, 6.07) is 10.4. The number of nitrogens with zero attached hydrogens (tertiary/aromatic N) is 1. The Hall–Kier alpha value is -3.38. The monoisotopic (exact) mass is 415 g/mol. The molecule has 0 aliphatic heterocycles. The van der Waals surface area contributed by atoms with Crippen molar-refractivity contribution in [3.8, 4) is 6.07 Å². The molecule has 3 N–H and O–H groups in total. The zero-order valence-electron chi connectivity index (χ0n) is 16.1. The van der Waals surface area contributed by atoms with Crippen LogP contribution >= 0.6 is 11.3 Å². The van der Waals surface area contributed by atoms with E-state index in [9.17, 15) is 19.6 Å². The van der Waals surface area contributed by atoms with Crippen LogP contribution in [0.5, 0.6) is 0 Å². The van der Waals surface area contributed by atoms with E-state index >= 15 is 0 Å². The predicted octanol–water partition coefficient (Wildman–Crippen LogP) is 2.69. The SMILES string of the molecule is CCOC(=O)c1sc(N)c(C#N)c1COC(=O)C[C@H](NC(C)=O)c1ccccc1. The third kappa shape index (κ3) is 5.80. The fourth-order valence-corrected chi connectivity index (χ4v) is 3.59. The molecule has 29 heavy (non-hydrogen) atoms. The summed E-state index contributed by atoms with van der Waals surface area (Å²) < 4.78 is 10.3. The first kappa shape index (κ1) is 21.9. The molecule has 1 atom stereocenters. The minimum atomic E-state index is -0.628. The number of thiophene rings is 1. The molecule has 0 unspecified atom stereocenters. The minimum absolute atomic E-state index is 0.0901. The first-order valence-corrected chi connectivity index (χ1v) is 9.65. The molecule has 1 aromatic heterocycles. The van der Waals surface area contributed by atoms with E-state index in [1.807, 2.05) is 12.1 Å². The van der Waals surface area contributed by atoms with Crippen molar-refractivity contribution in [2.24, 2.45) is 0 Å². The van der Waals surface area contributed by atoms with Gasteiger partial charge in [-0.25, -0.2) is 4.79 Å². The summed E-state index contributed by atoms with van der Waals surface area (Å²) in [6.45, 7) is 2.88. The molecule has 0 bridgehead atoms. The van der Waals surface area contributed by atoms with Crippen LogP contribution in [0.4, 0.5) is 5.00 Å². The maximum absolute atomic E-state index is 12.4. The van der Waals surface area contributed by atoms with Gasteiger partial charge in [-0.15, -0.1) is 11.3 Å². The summed E-state index contributed by atoms with van der Waals surface area (Å²) in [5.74, 6) is -1.51. The molecule has 2 rings (SSSR count). The van der Waals surface area contributed by atoms with E-state index in [0.29, 0.717) is 0 Å². The fraction of sp³-hybridized carbons (Fsp3) is 0.300. The Morgan fingerprint density at radius 2 is 1.93 bits per heavy atom. The minimum Gasteiger partial charge on any atom is -0.462 e. The van der Waals surface area contributed by atoms with Crippen LogP contribution in [-0.4, -0.2) is 24.5 Å². The van der Waals surface area contributed by atoms with Gasteiger partial charge in [-0.3, -0.25) is 9.59 Å². The van der Waals surface area contributed by atoms with Gasteiger partial charge in [0.15, 0.2) is 0 Å². The van der Waals surface area contributed by atoms with Gasteiger partial charge in [0.05, 0.1) is 24.6 Å². The molecule has 0 aliphatic carbocycles. The molecular weight excluding hydrogens is 394 g/mol. The van der Waals surface area contributed by atoms with Gasteiger partial charge in [-0.2, -0.15) is 5.26 Å². The molecular formula is C20H21N3O5S. The molecule has 1 aromatic carbocycles. The Balaban J connectivity index is 2.14. The first-order chi connectivity index (χ1) is 13.9. The Morgan fingerprint density at radius 3 is 2.52 bits per heavy atom. The molecule has 152 valence electrons. The van der Waals surface area contributed by atoms with Gasteiger partial charge in [0, 0.05) is 12.5 Å². The van der Waals surface area contributed by atoms with E-state index in [2.05, 4.69) is 5.32 Å². The summed E-state index contributed by atoms with van der Waals surface area (Å²) in [6.07, 6.45) is -0.111. The average molecular weight is 415 g/mol. The third-order valence-corrected chi connectivity index (χ3v) is 4.98. The predicted molar refractivity (Wildman–Crippen MR) is 107 cm³/mol. The van der Waals surface area contributed by atoms with Gasteiger partial charge in [0.25, 0.3) is 0 Å². The number of nitriles is 1. The highest BCUT2D eigenvalue weighted by Gasteiger charge is 2.25. The van der Waals surface area contributed by atoms with Crippen LogP contribution in [-0.2, 0) is 25.7 Å². The second-order valence-electron chi connectivity index (χ2n) is 6.01. The summed E-state index contributed by atoms with van der Waals surface area (Å²) in [7, 11) is 0. The third-order valence-electron chi connectivity index (χ3n) is 3.93. The molecule has 0 aliphatic rings. The zero-order valence-corrected chi connectivity index (χ0v) is 16.9. The number of anilines is 1. The number of benzene rings is 1. The molecule has 1 amide bonds. The molecule has 0 radical (unpaired) electrons. The molecule has 0 saturated heterocycles. The topological polar surface area (TPSA) is 132 Å². The van der Waals surface area contributed by atoms with Crippen LogP contribution in [0.2, 0.25) is 0 Å². The van der Waals surface area contributed by atoms with Crippen LogP contribution < -0.4 is 11.1 Å². The number of nitrogens with two attached hydrogens (primary N) is 1. The van der Waals surface area contributed by atoms with Crippen LogP contribution in [0.15, 0.2) is 30.3 Å². The van der Waals surface area contributed by atoms with Crippen molar-refractivity contribution in [3.05, 3.63) is 51.9 Å². The van der Waals surface area contributed by atoms with Crippen molar-refractivity contribution in [1.29, 1.82) is 5.26 Å². The van der Waals surface area contributed by atoms with Crippen LogP contribution in [0.1, 0.15) is 52.7 Å². The second-order valence-corrected chi connectivity index (χ2v) is 7.06. The molecule has 0 fully saturated rings. The standard InChI is InChI=1S/C20H21N3O5S/c1-3-27-20(26)18-15(14(10-21)19(22)29-18)11-28-17(25)9-16(23-12(2)24)13-7-5-4-6-8-13/h4-8,16H,3,9,11,22H2,1-2H3,(H,23,24)/t16-/m0/s1. The van der Waals surface area contributed by atoms with Crippen molar-refractivity contribution < 1.29 is 23.9 Å². The maximum atomic E-state index is 12.4. The van der Waals surface area contributed by atoms with E-state index in [1.54, 1.807) is 31.2 Å². The summed E-state index contributed by atoms with van der Waals surface area (Å²) >= 11 is 0.917. The van der Waals surface area contributed by atoms with E-state index in [1.165, 1.54) is 6.92 Å². The quantitative estimate of drug-likeness (QED) is 0.634. The Kier molecular flexibility index (Phi) is 7.74. The average Bonchev–Trinajstić information content (AvgIpc) is 3.01. The number of carbonyl (C=O) groups is 3. The fourth-order valence-electron chi connectivity index (χ4n) is 2.67. The normalized spacial score (nSPS) is 11.2. The van der Waals surface area contributed by atoms with Crippen molar-refractivity contribution in [1.82, 2.24) is 5.32 Å². The Bertz CT molecular complexity index is 934. The van der Waals surface area contributed by atoms with Crippen molar-refractivity contribution in [2.45, 2.75) is 32.9 Å². The van der Waals surface area contributed by atoms with Crippen molar-refractivity contribution in [2.75, 3.05) is 12.3 Å². The van der Waals surface area contributed by atoms with Crippen LogP contribution in [0.25, 0.3) is 0 Å². The second kappa shape index (κ2) is 10.2. The summed E-state index contributed by atoms with van der Waals surface area (Å²) in [5, 5.41) is 12.2. The van der Waals surface area contributed by atoms with Crippen LogP contribution in [0, 0.1) is 11.3 Å². The lowest BCUT2D eigenvalue weighted by Crippen LogP contribution is -2.28. The van der Waals surface area contributed by atoms with Gasteiger partial charge in [0.2, 0.25) is 5.91 Å². The van der Waals surface area contributed by atoms with E-state index < -0.39 is 18.0 Å². The lowest BCUT2D eigenvalue weighted by atomic mass is 10.0. The van der Waals surface area contributed by atoms with Gasteiger partial charge >= 0.3 is 11.9 Å². The number of carbonyl (C=O) groups excluding carboxylic acids is 3. The smallest absolute Gasteiger partial charge is 0.348 e. The van der Waals surface area contributed by atoms with Gasteiger partial charge < -0.3 is 20.5 Å². The number of hydrogen-bond acceptors (Lipinski definition) is 8. The van der Waals surface area contributed by atoms with E-state index in [0.717, 1.165) is 16.9 Å².